The van der Waals surface area contributed by atoms with E-state index in [4.69, 9.17) is 0 Å². The summed E-state index contributed by atoms with van der Waals surface area (Å²) in [4.78, 5) is 23.4. The molecule has 2 aliphatic heterocycles. The maximum atomic E-state index is 13.4. The van der Waals surface area contributed by atoms with Crippen LogP contribution in [-0.2, 0) is 11.2 Å². The van der Waals surface area contributed by atoms with Crippen LogP contribution in [0.3, 0.4) is 0 Å². The zero-order valence-electron chi connectivity index (χ0n) is 16.0. The van der Waals surface area contributed by atoms with Gasteiger partial charge in [0, 0.05) is 18.5 Å². The van der Waals surface area contributed by atoms with Crippen LogP contribution in [0.2, 0.25) is 0 Å². The van der Waals surface area contributed by atoms with Crippen molar-refractivity contribution in [2.24, 2.45) is 4.99 Å². The van der Waals surface area contributed by atoms with Crippen LogP contribution in [0.15, 0.2) is 74.4 Å². The molecule has 1 aromatic heterocycles. The minimum atomic E-state index is -0.0655. The lowest BCUT2D eigenvalue weighted by molar-refractivity contribution is -0.122. The number of aliphatic imine (C=N–C) groups is 1. The molecule has 0 spiro atoms. The Morgan fingerprint density at radius 3 is 2.63 bits per heavy atom. The summed E-state index contributed by atoms with van der Waals surface area (Å²) in [6.07, 6.45) is 0.719. The summed E-state index contributed by atoms with van der Waals surface area (Å²) in [6, 6.07) is 18.2. The van der Waals surface area contributed by atoms with Gasteiger partial charge in [-0.2, -0.15) is 5.21 Å². The van der Waals surface area contributed by atoms with Gasteiger partial charge in [-0.25, -0.2) is 5.10 Å². The van der Waals surface area contributed by atoms with E-state index >= 15 is 0 Å². The average Bonchev–Trinajstić information content (AvgIpc) is 3.47. The highest BCUT2D eigenvalue weighted by Gasteiger charge is 2.37. The molecule has 1 saturated heterocycles. The van der Waals surface area contributed by atoms with E-state index < -0.39 is 0 Å². The van der Waals surface area contributed by atoms with Crippen molar-refractivity contribution in [3.8, 4) is 0 Å². The summed E-state index contributed by atoms with van der Waals surface area (Å²) in [5.41, 5.74) is 2.25. The lowest BCUT2D eigenvalue weighted by atomic mass is 10.1. The molecule has 0 saturated carbocycles. The lowest BCUT2D eigenvalue weighted by Gasteiger charge is -2.17. The van der Waals surface area contributed by atoms with E-state index in [0.29, 0.717) is 16.6 Å². The minimum Gasteiger partial charge on any atom is -0.337 e. The molecule has 0 aliphatic carbocycles. The van der Waals surface area contributed by atoms with Crippen molar-refractivity contribution >= 4 is 46.2 Å². The van der Waals surface area contributed by atoms with E-state index in [0.717, 1.165) is 27.6 Å². The van der Waals surface area contributed by atoms with Crippen molar-refractivity contribution in [1.82, 2.24) is 25.5 Å². The van der Waals surface area contributed by atoms with Gasteiger partial charge in [0.1, 0.15) is 16.0 Å². The average molecular weight is 435 g/mol. The van der Waals surface area contributed by atoms with Gasteiger partial charge in [0.15, 0.2) is 0 Å². The summed E-state index contributed by atoms with van der Waals surface area (Å²) in [6.45, 7) is 0.508. The highest BCUT2D eigenvalue weighted by molar-refractivity contribution is 8.19. The molecule has 1 amide bonds. The molecule has 3 aromatic rings. The van der Waals surface area contributed by atoms with Gasteiger partial charge in [-0.05, 0) is 24.1 Å². The molecule has 0 bridgehead atoms. The Hall–Kier alpha value is -3.11. The monoisotopic (exact) mass is 434 g/mol. The molecule has 0 unspecified atom stereocenters. The van der Waals surface area contributed by atoms with Gasteiger partial charge < -0.3 is 4.90 Å². The number of carbonyl (C=O) groups excluding carboxylic acids is 1. The number of amides is 1. The second-order valence-electron chi connectivity index (χ2n) is 6.63. The van der Waals surface area contributed by atoms with E-state index in [-0.39, 0.29) is 11.9 Å². The molecule has 0 N–H and O–H groups in total. The van der Waals surface area contributed by atoms with Crippen molar-refractivity contribution in [3.63, 3.8) is 0 Å². The molecular formula is C20H16N7OS2-. The topological polar surface area (TPSA) is 88.7 Å². The van der Waals surface area contributed by atoms with Crippen molar-refractivity contribution < 1.29 is 4.79 Å². The second-order valence-corrected chi connectivity index (χ2v) is 8.64. The molecule has 2 aliphatic rings. The van der Waals surface area contributed by atoms with Crippen LogP contribution in [0.5, 0.6) is 0 Å². The Kier molecular flexibility index (Phi) is 5.01. The number of aromatic nitrogens is 4. The fraction of sp³-hybridized carbons (Fsp3) is 0.150. The molecule has 2 aromatic carbocycles. The van der Waals surface area contributed by atoms with Crippen LogP contribution in [0, 0.1) is 0 Å². The predicted molar refractivity (Wildman–Crippen MR) is 117 cm³/mol. The number of hydrogen-bond acceptors (Lipinski definition) is 8. The van der Waals surface area contributed by atoms with Crippen molar-refractivity contribution in [1.29, 1.82) is 0 Å². The van der Waals surface area contributed by atoms with Gasteiger partial charge in [0.2, 0.25) is 0 Å². The van der Waals surface area contributed by atoms with E-state index in [9.17, 15) is 4.79 Å². The molecule has 10 heteroatoms. The van der Waals surface area contributed by atoms with Gasteiger partial charge in [-0.15, -0.1) is 5.21 Å². The van der Waals surface area contributed by atoms with Gasteiger partial charge in [0.25, 0.3) is 5.91 Å². The molecule has 0 atom stereocenters. The van der Waals surface area contributed by atoms with Crippen LogP contribution in [0.25, 0.3) is 0 Å². The summed E-state index contributed by atoms with van der Waals surface area (Å²) >= 11 is 2.94. The van der Waals surface area contributed by atoms with Gasteiger partial charge in [0.05, 0.1) is 10.7 Å². The number of hydrogen-bond donors (Lipinski definition) is 0. The summed E-state index contributed by atoms with van der Waals surface area (Å²) < 4.78 is 0. The van der Waals surface area contributed by atoms with Crippen LogP contribution >= 0.6 is 23.5 Å². The third-order valence-corrected chi connectivity index (χ3v) is 7.20. The number of nitrogens with zero attached hydrogens (tertiary/aromatic N) is 7. The van der Waals surface area contributed by atoms with Crippen LogP contribution in [0.1, 0.15) is 5.56 Å². The maximum absolute atomic E-state index is 13.4. The largest absolute Gasteiger partial charge is 0.337 e. The fourth-order valence-corrected chi connectivity index (χ4v) is 5.62. The lowest BCUT2D eigenvalue weighted by Crippen LogP contribution is -2.31. The number of anilines is 1. The molecule has 5 rings (SSSR count). The van der Waals surface area contributed by atoms with Crippen molar-refractivity contribution in [2.45, 2.75) is 11.3 Å². The smallest absolute Gasteiger partial charge is 0.268 e. The first-order valence-corrected chi connectivity index (χ1v) is 10.9. The maximum Gasteiger partial charge on any atom is 0.268 e. The number of amidine groups is 1. The number of carbonyl (C=O) groups is 1. The first-order valence-electron chi connectivity index (χ1n) is 9.26. The molecule has 3 heterocycles. The highest BCUT2D eigenvalue weighted by Crippen LogP contribution is 2.49. The third-order valence-electron chi connectivity index (χ3n) is 4.77. The fourth-order valence-electron chi connectivity index (χ4n) is 3.27. The summed E-state index contributed by atoms with van der Waals surface area (Å²) in [7, 11) is 1.98. The van der Waals surface area contributed by atoms with Gasteiger partial charge in [-0.1, -0.05) is 66.0 Å². The Morgan fingerprint density at radius 2 is 1.87 bits per heavy atom. The molecule has 150 valence electrons. The van der Waals surface area contributed by atoms with E-state index in [2.05, 4.69) is 54.8 Å². The second kappa shape index (κ2) is 7.96. The minimum absolute atomic E-state index is 0.0655. The Balaban J connectivity index is 1.48. The molecule has 30 heavy (non-hydrogen) atoms. The first kappa shape index (κ1) is 18.9. The van der Waals surface area contributed by atoms with Crippen LogP contribution in [0.4, 0.5) is 11.6 Å². The SMILES string of the molecule is CN1/C(=C2/SC(=Nc3nnn[n-]3)N(CCc3ccccc3)C2=O)Sc2ccccc21. The number of tetrazole rings is 1. The Morgan fingerprint density at radius 1 is 1.07 bits per heavy atom. The highest BCUT2D eigenvalue weighted by atomic mass is 32.2. The van der Waals surface area contributed by atoms with Gasteiger partial charge >= 0.3 is 0 Å². The number of benzene rings is 2. The molecule has 8 nitrogen and oxygen atoms in total. The van der Waals surface area contributed by atoms with E-state index in [1.54, 1.807) is 16.7 Å². The third kappa shape index (κ3) is 3.48. The quantitative estimate of drug-likeness (QED) is 0.579. The number of thioether (sulfide) groups is 2. The number of para-hydroxylation sites is 1. The first-order chi connectivity index (χ1) is 14.7. The van der Waals surface area contributed by atoms with Crippen molar-refractivity contribution in [2.75, 3.05) is 18.5 Å². The number of rotatable bonds is 4. The van der Waals surface area contributed by atoms with E-state index in [1.165, 1.54) is 11.8 Å². The summed E-state index contributed by atoms with van der Waals surface area (Å²) in [5.74, 6) is 0.0845. The van der Waals surface area contributed by atoms with Crippen LogP contribution in [-0.4, -0.2) is 45.1 Å². The van der Waals surface area contributed by atoms with Gasteiger partial charge in [-0.3, -0.25) is 19.8 Å². The zero-order valence-corrected chi connectivity index (χ0v) is 17.6. The molecule has 0 radical (unpaired) electrons. The van der Waals surface area contributed by atoms with Crippen LogP contribution < -0.4 is 10.00 Å². The van der Waals surface area contributed by atoms with E-state index in [1.807, 2.05) is 37.4 Å². The Labute approximate surface area is 181 Å². The molecular weight excluding hydrogens is 418 g/mol. The summed E-state index contributed by atoms with van der Waals surface area (Å²) in [5, 5.41) is 16.0. The number of fused-ring (bicyclic) bond motifs is 1. The normalized spacial score (nSPS) is 19.8. The zero-order chi connectivity index (χ0) is 20.5. The predicted octanol–water partition coefficient (Wildman–Crippen LogP) is 3.05. The standard InChI is InChI=1S/C20H16N7OS2/c1-26-14-9-5-6-10-15(14)29-18(26)16-17(28)27(12-11-13-7-3-2-4-8-13)20(30-16)21-19-22-24-25-23-19/h2-10H,11-12H2,1H3/q-1/b18-16-,21-20?. The Bertz CT molecular complexity index is 1140. The molecule has 1 fully saturated rings. The van der Waals surface area contributed by atoms with Crippen molar-refractivity contribution in [3.05, 3.63) is 70.1 Å².